The number of allylic oxidation sites excluding steroid dienone is 1. The number of rotatable bonds is 4. The smallest absolute Gasteiger partial charge is 0.203 e. The first-order valence-electron chi connectivity index (χ1n) is 5.18. The Morgan fingerprint density at radius 3 is 2.40 bits per heavy atom. The molecular formula is C13H18BN. The van der Waals surface area contributed by atoms with Crippen molar-refractivity contribution in [1.82, 2.24) is 4.90 Å². The van der Waals surface area contributed by atoms with Crippen LogP contribution in [0.2, 0.25) is 0 Å². The lowest BCUT2D eigenvalue weighted by Gasteiger charge is -2.13. The minimum absolute atomic E-state index is 0.910. The minimum atomic E-state index is 0.910. The van der Waals surface area contributed by atoms with Gasteiger partial charge in [0.05, 0.1) is 0 Å². The zero-order chi connectivity index (χ0) is 11.3. The average Bonchev–Trinajstić information content (AvgIpc) is 2.26. The van der Waals surface area contributed by atoms with Crippen LogP contribution in [0.25, 0.3) is 5.57 Å². The van der Waals surface area contributed by atoms with Crippen LogP contribution in [0.5, 0.6) is 0 Å². The Hall–Kier alpha value is -1.44. The van der Waals surface area contributed by atoms with Crippen LogP contribution in [0, 0.1) is 0 Å². The summed E-state index contributed by atoms with van der Waals surface area (Å²) in [5.41, 5.74) is 3.72. The predicted molar refractivity (Wildman–Crippen MR) is 70.1 cm³/mol. The fourth-order valence-corrected chi connectivity index (χ4v) is 1.27. The van der Waals surface area contributed by atoms with Gasteiger partial charge >= 0.3 is 0 Å². The highest BCUT2D eigenvalue weighted by Gasteiger charge is 1.98. The van der Waals surface area contributed by atoms with Crippen molar-refractivity contribution >= 4 is 12.9 Å². The molecular weight excluding hydrogens is 181 g/mol. The van der Waals surface area contributed by atoms with Gasteiger partial charge in [0.15, 0.2) is 0 Å². The second kappa shape index (κ2) is 5.45. The Kier molecular flexibility index (Phi) is 4.23. The summed E-state index contributed by atoms with van der Waals surface area (Å²) < 4.78 is 0. The minimum Gasteiger partial charge on any atom is -0.389 e. The van der Waals surface area contributed by atoms with Crippen molar-refractivity contribution in [3.05, 3.63) is 54.0 Å². The molecule has 0 fully saturated rings. The molecule has 0 heterocycles. The van der Waals surface area contributed by atoms with Crippen LogP contribution in [0.4, 0.5) is 0 Å². The van der Waals surface area contributed by atoms with E-state index in [1.807, 2.05) is 20.2 Å². The molecule has 0 N–H and O–H groups in total. The molecule has 1 aromatic carbocycles. The van der Waals surface area contributed by atoms with E-state index >= 15 is 0 Å². The van der Waals surface area contributed by atoms with Crippen LogP contribution in [0.3, 0.4) is 0 Å². The van der Waals surface area contributed by atoms with E-state index in [0.717, 1.165) is 12.9 Å². The molecule has 0 aromatic heterocycles. The standard InChI is InChI=1S/C13H18BN/c1-11(10-14-12(2)15(3)4)13-8-6-5-7-9-13/h5-10,14H,2H2,1,3-4H3/b11-10+. The maximum absolute atomic E-state index is 4.00. The van der Waals surface area contributed by atoms with E-state index < -0.39 is 0 Å². The van der Waals surface area contributed by atoms with E-state index in [1.54, 1.807) is 0 Å². The summed E-state index contributed by atoms with van der Waals surface area (Å²) in [6.07, 6.45) is 0. The van der Waals surface area contributed by atoms with Gasteiger partial charge in [-0.05, 0) is 18.1 Å². The van der Waals surface area contributed by atoms with Crippen LogP contribution >= 0.6 is 0 Å². The molecule has 0 aliphatic rings. The predicted octanol–water partition coefficient (Wildman–Crippen LogP) is 2.52. The number of benzene rings is 1. The number of hydrogen-bond donors (Lipinski definition) is 0. The van der Waals surface area contributed by atoms with E-state index in [1.165, 1.54) is 11.1 Å². The molecule has 1 rings (SSSR count). The second-order valence-electron chi connectivity index (χ2n) is 3.92. The van der Waals surface area contributed by atoms with Crippen molar-refractivity contribution in [3.63, 3.8) is 0 Å². The summed E-state index contributed by atoms with van der Waals surface area (Å²) in [6, 6.07) is 10.4. The molecule has 0 bridgehead atoms. The molecule has 0 amide bonds. The van der Waals surface area contributed by atoms with E-state index in [9.17, 15) is 0 Å². The van der Waals surface area contributed by atoms with Gasteiger partial charge in [-0.25, -0.2) is 0 Å². The molecule has 0 radical (unpaired) electrons. The molecule has 0 spiro atoms. The zero-order valence-corrected chi connectivity index (χ0v) is 9.83. The third-order valence-electron chi connectivity index (χ3n) is 2.51. The molecule has 1 nitrogen and oxygen atoms in total. The van der Waals surface area contributed by atoms with Crippen molar-refractivity contribution in [2.75, 3.05) is 14.1 Å². The molecule has 0 saturated carbocycles. The van der Waals surface area contributed by atoms with Crippen molar-refractivity contribution in [2.24, 2.45) is 0 Å². The lowest BCUT2D eigenvalue weighted by atomic mass is 9.72. The summed E-state index contributed by atoms with van der Waals surface area (Å²) in [7, 11) is 4.95. The maximum atomic E-state index is 4.00. The monoisotopic (exact) mass is 199 g/mol. The molecule has 0 aliphatic heterocycles. The Labute approximate surface area is 93.4 Å². The number of nitrogens with zero attached hydrogens (tertiary/aromatic N) is 1. The second-order valence-corrected chi connectivity index (χ2v) is 3.92. The first-order chi connectivity index (χ1) is 7.11. The van der Waals surface area contributed by atoms with Gasteiger partial charge in [-0.15, -0.1) is 5.98 Å². The van der Waals surface area contributed by atoms with Gasteiger partial charge in [-0.3, -0.25) is 0 Å². The van der Waals surface area contributed by atoms with Crippen LogP contribution in [0.1, 0.15) is 12.5 Å². The van der Waals surface area contributed by atoms with Crippen LogP contribution < -0.4 is 0 Å². The Morgan fingerprint density at radius 1 is 1.27 bits per heavy atom. The van der Waals surface area contributed by atoms with E-state index in [4.69, 9.17) is 0 Å². The van der Waals surface area contributed by atoms with Gasteiger partial charge in [0.1, 0.15) is 0 Å². The largest absolute Gasteiger partial charge is 0.389 e. The van der Waals surface area contributed by atoms with E-state index in [2.05, 4.69) is 48.6 Å². The van der Waals surface area contributed by atoms with Gasteiger partial charge in [-0.1, -0.05) is 42.5 Å². The van der Waals surface area contributed by atoms with Crippen LogP contribution in [0.15, 0.2) is 48.5 Å². The molecule has 0 aliphatic carbocycles. The third-order valence-corrected chi connectivity index (χ3v) is 2.51. The highest BCUT2D eigenvalue weighted by atomic mass is 15.0. The summed E-state index contributed by atoms with van der Waals surface area (Å²) in [5.74, 6) is 2.22. The lowest BCUT2D eigenvalue weighted by molar-refractivity contribution is 0.547. The van der Waals surface area contributed by atoms with Crippen LogP contribution in [-0.4, -0.2) is 26.3 Å². The zero-order valence-electron chi connectivity index (χ0n) is 9.83. The summed E-state index contributed by atoms with van der Waals surface area (Å²) >= 11 is 0. The Morgan fingerprint density at radius 2 is 1.87 bits per heavy atom. The molecule has 0 saturated heterocycles. The van der Waals surface area contributed by atoms with Gasteiger partial charge < -0.3 is 4.90 Å². The van der Waals surface area contributed by atoms with Crippen molar-refractivity contribution in [1.29, 1.82) is 0 Å². The topological polar surface area (TPSA) is 3.24 Å². The molecule has 0 unspecified atom stereocenters. The maximum Gasteiger partial charge on any atom is 0.203 e. The van der Waals surface area contributed by atoms with Gasteiger partial charge in [0.2, 0.25) is 7.28 Å². The van der Waals surface area contributed by atoms with Crippen molar-refractivity contribution < 1.29 is 0 Å². The Bertz CT molecular complexity index is 352. The summed E-state index contributed by atoms with van der Waals surface area (Å²) in [5, 5.41) is 0. The molecule has 2 heteroatoms. The first kappa shape index (κ1) is 11.6. The SMILES string of the molecule is C=C(B/C=C(\C)c1ccccc1)N(C)C. The highest BCUT2D eigenvalue weighted by Crippen LogP contribution is 2.12. The van der Waals surface area contributed by atoms with Crippen LogP contribution in [-0.2, 0) is 0 Å². The fourth-order valence-electron chi connectivity index (χ4n) is 1.27. The molecule has 0 atom stereocenters. The molecule has 1 aromatic rings. The average molecular weight is 199 g/mol. The fraction of sp³-hybridized carbons (Fsp3) is 0.231. The molecule has 15 heavy (non-hydrogen) atoms. The normalized spacial score (nSPS) is 11.0. The number of hydrogen-bond acceptors (Lipinski definition) is 1. The van der Waals surface area contributed by atoms with Gasteiger partial charge in [0.25, 0.3) is 0 Å². The molecule has 78 valence electrons. The van der Waals surface area contributed by atoms with E-state index in [-0.39, 0.29) is 0 Å². The summed E-state index contributed by atoms with van der Waals surface area (Å²) in [6.45, 7) is 6.14. The van der Waals surface area contributed by atoms with Gasteiger partial charge in [-0.2, -0.15) is 0 Å². The quantitative estimate of drug-likeness (QED) is 0.673. The highest BCUT2D eigenvalue weighted by molar-refractivity contribution is 6.51. The Balaban J connectivity index is 2.65. The lowest BCUT2D eigenvalue weighted by Crippen LogP contribution is -2.14. The van der Waals surface area contributed by atoms with Crippen molar-refractivity contribution in [2.45, 2.75) is 6.92 Å². The summed E-state index contributed by atoms with van der Waals surface area (Å²) in [4.78, 5) is 2.05. The van der Waals surface area contributed by atoms with Gasteiger partial charge in [0, 0.05) is 14.1 Å². The first-order valence-corrected chi connectivity index (χ1v) is 5.18. The third kappa shape index (κ3) is 3.66. The van der Waals surface area contributed by atoms with E-state index in [0.29, 0.717) is 0 Å². The van der Waals surface area contributed by atoms with Crippen molar-refractivity contribution in [3.8, 4) is 0 Å².